The minimum atomic E-state index is -0.310. The third-order valence-electron chi connectivity index (χ3n) is 3.69. The minimum absolute atomic E-state index is 0.310. The average Bonchev–Trinajstić information content (AvgIpc) is 2.76. The van der Waals surface area contributed by atoms with Gasteiger partial charge in [-0.2, -0.15) is 0 Å². The fourth-order valence-electron chi connectivity index (χ4n) is 2.77. The normalized spacial score (nSPS) is 19.6. The van der Waals surface area contributed by atoms with Crippen LogP contribution in [0.5, 0.6) is 0 Å². The van der Waals surface area contributed by atoms with Gasteiger partial charge in [0.1, 0.15) is 11.0 Å². The standard InChI is InChI=1S/C13H16ClN3/c14-11-6-4-5-10-9-16-12(17(10)11)13(15)7-2-1-3-8-13/h4-6,9H,1-3,7-8,15H2. The van der Waals surface area contributed by atoms with Gasteiger partial charge in [-0.1, -0.05) is 36.9 Å². The molecular weight excluding hydrogens is 234 g/mol. The first-order chi connectivity index (χ1) is 8.21. The van der Waals surface area contributed by atoms with Crippen LogP contribution in [0.2, 0.25) is 5.15 Å². The first-order valence-corrected chi connectivity index (χ1v) is 6.50. The van der Waals surface area contributed by atoms with Gasteiger partial charge in [0.05, 0.1) is 17.3 Å². The van der Waals surface area contributed by atoms with Gasteiger partial charge < -0.3 is 5.73 Å². The second kappa shape index (κ2) is 4.00. The van der Waals surface area contributed by atoms with E-state index in [1.54, 1.807) is 0 Å². The van der Waals surface area contributed by atoms with E-state index in [9.17, 15) is 0 Å². The van der Waals surface area contributed by atoms with Crippen LogP contribution in [0.1, 0.15) is 37.9 Å². The van der Waals surface area contributed by atoms with E-state index in [2.05, 4.69) is 4.98 Å². The van der Waals surface area contributed by atoms with E-state index < -0.39 is 0 Å². The summed E-state index contributed by atoms with van der Waals surface area (Å²) in [6.45, 7) is 0. The van der Waals surface area contributed by atoms with E-state index in [1.807, 2.05) is 28.8 Å². The van der Waals surface area contributed by atoms with Crippen molar-refractivity contribution in [1.29, 1.82) is 0 Å². The topological polar surface area (TPSA) is 43.3 Å². The van der Waals surface area contributed by atoms with Crippen molar-refractivity contribution < 1.29 is 0 Å². The molecule has 0 aromatic carbocycles. The summed E-state index contributed by atoms with van der Waals surface area (Å²) >= 11 is 6.25. The maximum absolute atomic E-state index is 6.52. The summed E-state index contributed by atoms with van der Waals surface area (Å²) in [6.07, 6.45) is 7.47. The highest BCUT2D eigenvalue weighted by molar-refractivity contribution is 6.29. The van der Waals surface area contributed by atoms with Crippen LogP contribution >= 0.6 is 11.6 Å². The van der Waals surface area contributed by atoms with E-state index in [0.717, 1.165) is 24.2 Å². The molecule has 2 aromatic rings. The molecule has 1 saturated carbocycles. The van der Waals surface area contributed by atoms with Crippen LogP contribution in [0.25, 0.3) is 5.52 Å². The summed E-state index contributed by atoms with van der Waals surface area (Å²) in [5.74, 6) is 0.915. The molecule has 0 unspecified atom stereocenters. The maximum atomic E-state index is 6.52. The van der Waals surface area contributed by atoms with Gasteiger partial charge in [0.15, 0.2) is 0 Å². The second-order valence-electron chi connectivity index (χ2n) is 4.91. The Morgan fingerprint density at radius 3 is 2.76 bits per heavy atom. The Morgan fingerprint density at radius 2 is 2.00 bits per heavy atom. The molecule has 2 N–H and O–H groups in total. The molecule has 1 aliphatic rings. The fourth-order valence-corrected chi connectivity index (χ4v) is 3.02. The Hall–Kier alpha value is -1.06. The summed E-state index contributed by atoms with van der Waals surface area (Å²) in [5.41, 5.74) is 7.22. The van der Waals surface area contributed by atoms with Crippen molar-refractivity contribution in [3.05, 3.63) is 35.4 Å². The summed E-state index contributed by atoms with van der Waals surface area (Å²) in [7, 11) is 0. The molecule has 0 spiro atoms. The number of aromatic nitrogens is 2. The van der Waals surface area contributed by atoms with Gasteiger partial charge in [-0.15, -0.1) is 0 Å². The minimum Gasteiger partial charge on any atom is -0.319 e. The van der Waals surface area contributed by atoms with E-state index in [0.29, 0.717) is 5.15 Å². The van der Waals surface area contributed by atoms with Crippen molar-refractivity contribution in [2.45, 2.75) is 37.6 Å². The van der Waals surface area contributed by atoms with Crippen LogP contribution < -0.4 is 5.73 Å². The molecule has 0 radical (unpaired) electrons. The van der Waals surface area contributed by atoms with Gasteiger partial charge in [0, 0.05) is 0 Å². The highest BCUT2D eigenvalue weighted by atomic mass is 35.5. The Balaban J connectivity index is 2.17. The Labute approximate surface area is 106 Å². The lowest BCUT2D eigenvalue weighted by molar-refractivity contribution is 0.286. The van der Waals surface area contributed by atoms with Crippen molar-refractivity contribution in [3.8, 4) is 0 Å². The Morgan fingerprint density at radius 1 is 1.24 bits per heavy atom. The van der Waals surface area contributed by atoms with Gasteiger partial charge in [0.2, 0.25) is 0 Å². The monoisotopic (exact) mass is 249 g/mol. The van der Waals surface area contributed by atoms with Crippen LogP contribution in [0.4, 0.5) is 0 Å². The van der Waals surface area contributed by atoms with Gasteiger partial charge in [-0.3, -0.25) is 4.40 Å². The lowest BCUT2D eigenvalue weighted by atomic mass is 9.82. The highest BCUT2D eigenvalue weighted by Gasteiger charge is 2.33. The molecule has 17 heavy (non-hydrogen) atoms. The highest BCUT2D eigenvalue weighted by Crippen LogP contribution is 2.35. The number of rotatable bonds is 1. The predicted octanol–water partition coefficient (Wildman–Crippen LogP) is 3.11. The molecule has 0 amide bonds. The van der Waals surface area contributed by atoms with Crippen LogP contribution in [0, 0.1) is 0 Å². The van der Waals surface area contributed by atoms with Crippen molar-refractivity contribution in [3.63, 3.8) is 0 Å². The predicted molar refractivity (Wildman–Crippen MR) is 69.2 cm³/mol. The average molecular weight is 250 g/mol. The summed E-state index contributed by atoms with van der Waals surface area (Å²) in [4.78, 5) is 4.51. The molecule has 1 aliphatic carbocycles. The number of hydrogen-bond donors (Lipinski definition) is 1. The molecule has 90 valence electrons. The van der Waals surface area contributed by atoms with Crippen LogP contribution in [-0.2, 0) is 5.54 Å². The summed E-state index contributed by atoms with van der Waals surface area (Å²) in [6, 6.07) is 5.83. The number of hydrogen-bond acceptors (Lipinski definition) is 2. The molecule has 2 heterocycles. The van der Waals surface area contributed by atoms with E-state index in [1.165, 1.54) is 19.3 Å². The van der Waals surface area contributed by atoms with Crippen LogP contribution in [0.15, 0.2) is 24.4 Å². The lowest BCUT2D eigenvalue weighted by Gasteiger charge is -2.32. The molecule has 3 rings (SSSR count). The maximum Gasteiger partial charge on any atom is 0.134 e. The van der Waals surface area contributed by atoms with Crippen molar-refractivity contribution in [2.75, 3.05) is 0 Å². The number of halogens is 1. The lowest BCUT2D eigenvalue weighted by Crippen LogP contribution is -2.40. The van der Waals surface area contributed by atoms with E-state index in [4.69, 9.17) is 17.3 Å². The van der Waals surface area contributed by atoms with Crippen molar-refractivity contribution in [2.24, 2.45) is 5.73 Å². The number of pyridine rings is 1. The van der Waals surface area contributed by atoms with Gasteiger partial charge in [-0.25, -0.2) is 4.98 Å². The van der Waals surface area contributed by atoms with Gasteiger partial charge in [0.25, 0.3) is 0 Å². The number of fused-ring (bicyclic) bond motifs is 1. The number of nitrogens with two attached hydrogens (primary N) is 1. The SMILES string of the molecule is NC1(c2ncc3cccc(Cl)n23)CCCCC1. The first-order valence-electron chi connectivity index (χ1n) is 6.12. The molecule has 0 atom stereocenters. The molecule has 0 saturated heterocycles. The summed E-state index contributed by atoms with van der Waals surface area (Å²) in [5, 5.41) is 0.686. The molecule has 2 aromatic heterocycles. The third kappa shape index (κ3) is 1.74. The smallest absolute Gasteiger partial charge is 0.134 e. The Kier molecular flexibility index (Phi) is 2.60. The van der Waals surface area contributed by atoms with Gasteiger partial charge in [-0.05, 0) is 25.0 Å². The molecular formula is C13H16ClN3. The largest absolute Gasteiger partial charge is 0.319 e. The second-order valence-corrected chi connectivity index (χ2v) is 5.29. The number of imidazole rings is 1. The third-order valence-corrected chi connectivity index (χ3v) is 3.99. The zero-order valence-corrected chi connectivity index (χ0v) is 10.5. The van der Waals surface area contributed by atoms with Crippen molar-refractivity contribution in [1.82, 2.24) is 9.38 Å². The molecule has 4 heteroatoms. The van der Waals surface area contributed by atoms with Crippen LogP contribution in [-0.4, -0.2) is 9.38 Å². The first kappa shape index (κ1) is 11.1. The molecule has 3 nitrogen and oxygen atoms in total. The molecule has 1 fully saturated rings. The van der Waals surface area contributed by atoms with Gasteiger partial charge >= 0.3 is 0 Å². The van der Waals surface area contributed by atoms with E-state index >= 15 is 0 Å². The zero-order chi connectivity index (χ0) is 11.9. The number of nitrogens with zero attached hydrogens (tertiary/aromatic N) is 2. The quantitative estimate of drug-likeness (QED) is 0.790. The fraction of sp³-hybridized carbons (Fsp3) is 0.462. The molecule has 0 bridgehead atoms. The Bertz CT molecular complexity index is 541. The molecule has 0 aliphatic heterocycles. The zero-order valence-electron chi connectivity index (χ0n) is 9.69. The van der Waals surface area contributed by atoms with Crippen molar-refractivity contribution >= 4 is 17.1 Å². The summed E-state index contributed by atoms with van der Waals surface area (Å²) < 4.78 is 1.98. The van der Waals surface area contributed by atoms with E-state index in [-0.39, 0.29) is 5.54 Å². The van der Waals surface area contributed by atoms with Crippen LogP contribution in [0.3, 0.4) is 0 Å².